The Balaban J connectivity index is 0.000000377. The second-order valence-electron chi connectivity index (χ2n) is 9.58. The minimum absolute atomic E-state index is 1.16. The lowest BCUT2D eigenvalue weighted by atomic mass is 9.87. The van der Waals surface area contributed by atoms with Crippen molar-refractivity contribution >= 4 is 11.8 Å². The van der Waals surface area contributed by atoms with Crippen molar-refractivity contribution in [2.45, 2.75) is 51.4 Å². The van der Waals surface area contributed by atoms with Gasteiger partial charge in [-0.15, -0.1) is 10.2 Å². The van der Waals surface area contributed by atoms with Crippen LogP contribution in [-0.2, 0) is 25.7 Å². The number of hydrogen-bond acceptors (Lipinski definition) is 6. The van der Waals surface area contributed by atoms with Gasteiger partial charge in [-0.05, 0) is 62.3 Å². The quantitative estimate of drug-likeness (QED) is 0.350. The van der Waals surface area contributed by atoms with Crippen molar-refractivity contribution in [3.8, 4) is 11.5 Å². The Bertz CT molecular complexity index is 1260. The molecule has 2 aromatic rings. The highest BCUT2D eigenvalue weighted by Gasteiger charge is 2.32. The van der Waals surface area contributed by atoms with Crippen molar-refractivity contribution in [1.29, 1.82) is 0 Å². The summed E-state index contributed by atoms with van der Waals surface area (Å²) in [5, 5.41) is 2.84. The molecule has 0 radical (unpaired) electrons. The molecule has 7 rings (SSSR count). The molecular weight excluding hydrogens is 444 g/mol. The average Bonchev–Trinajstić information content (AvgIpc) is 2.78. The van der Waals surface area contributed by atoms with Crippen LogP contribution in [0.25, 0.3) is 6.08 Å². The van der Waals surface area contributed by atoms with E-state index in [0.29, 0.717) is 0 Å². The van der Waals surface area contributed by atoms with Gasteiger partial charge < -0.3 is 9.64 Å². The molecule has 5 aliphatic heterocycles. The summed E-state index contributed by atoms with van der Waals surface area (Å²) in [5.74, 6) is 2.34. The SMILES string of the molecule is C1=c2cc3c4c(c2Oc2c1cc1c5c2CCCN5CCC1)CCC[N+]=4CCC3.[O-][Cl+3]([O-])([O-])[O-]. The summed E-state index contributed by atoms with van der Waals surface area (Å²) in [6.45, 7) is 4.86. The number of halogens is 1. The molecule has 0 unspecified atom stereocenters. The molecule has 0 saturated heterocycles. The van der Waals surface area contributed by atoms with E-state index < -0.39 is 10.2 Å². The maximum Gasteiger partial charge on any atom is 0.210 e. The van der Waals surface area contributed by atoms with Crippen LogP contribution in [0, 0.1) is 10.2 Å². The standard InChI is InChI=1S/C25H27N2O.ClHO4/c1-5-16-13-18-15-19-14-17-6-2-10-27-12-4-8-21(23(17)27)25(19)28-24(18)20-7-3-11-26(9-1)22(16)20;2-1(3,4)5/h13-15H,1-12H2;(H,2,3,4,5)/q+1;/p-1. The Labute approximate surface area is 194 Å². The Morgan fingerprint density at radius 3 is 2.24 bits per heavy atom. The van der Waals surface area contributed by atoms with Crippen LogP contribution in [-0.4, -0.2) is 26.2 Å². The minimum atomic E-state index is -4.94. The third-order valence-electron chi connectivity index (χ3n) is 7.52. The Morgan fingerprint density at radius 1 is 0.788 bits per heavy atom. The Kier molecular flexibility index (Phi) is 5.16. The van der Waals surface area contributed by atoms with Gasteiger partial charge in [-0.3, -0.25) is 0 Å². The van der Waals surface area contributed by atoms with Gasteiger partial charge in [0, 0.05) is 53.5 Å². The molecule has 33 heavy (non-hydrogen) atoms. The number of aryl methyl sites for hydroxylation is 2. The first-order valence-electron chi connectivity index (χ1n) is 11.9. The van der Waals surface area contributed by atoms with Crippen molar-refractivity contribution in [3.05, 3.63) is 50.5 Å². The van der Waals surface area contributed by atoms with Crippen LogP contribution in [0.1, 0.15) is 53.5 Å². The first-order chi connectivity index (χ1) is 15.9. The molecule has 5 aliphatic rings. The summed E-state index contributed by atoms with van der Waals surface area (Å²) in [7, 11) is -4.94. The van der Waals surface area contributed by atoms with Crippen LogP contribution in [0.5, 0.6) is 11.5 Å². The minimum Gasteiger partial charge on any atom is -0.455 e. The van der Waals surface area contributed by atoms with Gasteiger partial charge in [-0.2, -0.15) is 0 Å². The van der Waals surface area contributed by atoms with Gasteiger partial charge in [0.15, 0.2) is 0 Å². The second kappa shape index (κ2) is 7.96. The zero-order valence-electron chi connectivity index (χ0n) is 18.5. The molecule has 0 aromatic heterocycles. The van der Waals surface area contributed by atoms with Crippen molar-refractivity contribution in [2.75, 3.05) is 31.1 Å². The smallest absolute Gasteiger partial charge is 0.210 e. The molecule has 0 atom stereocenters. The summed E-state index contributed by atoms with van der Waals surface area (Å²) in [6, 6.07) is 4.87. The third-order valence-corrected chi connectivity index (χ3v) is 7.52. The van der Waals surface area contributed by atoms with Gasteiger partial charge in [0.2, 0.25) is 5.36 Å². The van der Waals surface area contributed by atoms with Crippen LogP contribution in [0.4, 0.5) is 5.69 Å². The zero-order chi connectivity index (χ0) is 22.7. The molecule has 7 nitrogen and oxygen atoms in total. The molecule has 0 saturated carbocycles. The van der Waals surface area contributed by atoms with Gasteiger partial charge >= 0.3 is 0 Å². The van der Waals surface area contributed by atoms with Gasteiger partial charge in [0.25, 0.3) is 0 Å². The van der Waals surface area contributed by atoms with E-state index in [4.69, 9.17) is 23.4 Å². The summed E-state index contributed by atoms with van der Waals surface area (Å²) in [4.78, 5) is 2.62. The maximum absolute atomic E-state index is 8.49. The van der Waals surface area contributed by atoms with E-state index in [1.807, 2.05) is 0 Å². The summed E-state index contributed by atoms with van der Waals surface area (Å²) in [6.07, 6.45) is 12.3. The van der Waals surface area contributed by atoms with Crippen LogP contribution in [0.2, 0.25) is 0 Å². The highest BCUT2D eigenvalue weighted by atomic mass is 35.7. The predicted octanol–water partition coefficient (Wildman–Crippen LogP) is -2.05. The molecule has 0 fully saturated rings. The van der Waals surface area contributed by atoms with Crippen molar-refractivity contribution in [3.63, 3.8) is 0 Å². The number of hydrogen-bond donors (Lipinski definition) is 0. The fraction of sp³-hybridized carbons (Fsp3) is 0.480. The molecule has 0 bridgehead atoms. The topological polar surface area (TPSA) is 108 Å². The normalized spacial score (nSPS) is 19.6. The number of nitrogens with zero attached hydrogens (tertiary/aromatic N) is 2. The zero-order valence-corrected chi connectivity index (χ0v) is 19.3. The van der Waals surface area contributed by atoms with Gasteiger partial charge in [-0.1, -0.05) is 0 Å². The number of ether oxygens (including phenoxy) is 1. The van der Waals surface area contributed by atoms with Crippen molar-refractivity contribution in [1.82, 2.24) is 4.58 Å². The monoisotopic (exact) mass is 470 g/mol. The molecule has 0 N–H and O–H groups in total. The number of anilines is 1. The highest BCUT2D eigenvalue weighted by Crippen LogP contribution is 2.45. The second-order valence-corrected chi connectivity index (χ2v) is 10.3. The molecule has 0 aliphatic carbocycles. The molecule has 8 heteroatoms. The van der Waals surface area contributed by atoms with Crippen LogP contribution < -0.4 is 43.4 Å². The molecule has 174 valence electrons. The van der Waals surface area contributed by atoms with Crippen LogP contribution >= 0.6 is 0 Å². The summed E-state index contributed by atoms with van der Waals surface area (Å²) >= 11 is 0. The van der Waals surface area contributed by atoms with Crippen molar-refractivity contribution in [2.24, 2.45) is 0 Å². The van der Waals surface area contributed by atoms with E-state index in [-0.39, 0.29) is 0 Å². The lowest BCUT2D eigenvalue weighted by Gasteiger charge is -2.38. The van der Waals surface area contributed by atoms with E-state index in [1.165, 1.54) is 109 Å². The predicted molar refractivity (Wildman–Crippen MR) is 112 cm³/mol. The number of fused-ring (bicyclic) bond motifs is 4. The van der Waals surface area contributed by atoms with Crippen molar-refractivity contribution < 1.29 is 33.6 Å². The van der Waals surface area contributed by atoms with E-state index in [2.05, 4.69) is 27.7 Å². The number of rotatable bonds is 0. The third kappa shape index (κ3) is 3.82. The highest BCUT2D eigenvalue weighted by molar-refractivity contribution is 5.76. The van der Waals surface area contributed by atoms with Gasteiger partial charge in [-0.25, -0.2) is 23.2 Å². The molecule has 0 amide bonds. The fourth-order valence-electron chi connectivity index (χ4n) is 6.44. The van der Waals surface area contributed by atoms with E-state index in [1.54, 1.807) is 11.1 Å². The largest absolute Gasteiger partial charge is 0.455 e. The summed E-state index contributed by atoms with van der Waals surface area (Å²) in [5.41, 5.74) is 8.90. The molecule has 5 heterocycles. The maximum atomic E-state index is 8.49. The summed E-state index contributed by atoms with van der Waals surface area (Å²) < 4.78 is 43.4. The first-order valence-corrected chi connectivity index (χ1v) is 13.1. The molecule has 0 spiro atoms. The molecular formula is C25H27ClN2O5. The lowest BCUT2D eigenvalue weighted by molar-refractivity contribution is -2.00. The lowest BCUT2D eigenvalue weighted by Crippen LogP contribution is -2.68. The van der Waals surface area contributed by atoms with Crippen LogP contribution in [0.15, 0.2) is 12.1 Å². The molecule has 2 aromatic carbocycles. The van der Waals surface area contributed by atoms with Crippen LogP contribution in [0.3, 0.4) is 0 Å². The average molecular weight is 471 g/mol. The van der Waals surface area contributed by atoms with Gasteiger partial charge in [0.1, 0.15) is 24.6 Å². The van der Waals surface area contributed by atoms with Gasteiger partial charge in [0.05, 0.1) is 5.56 Å². The Hall–Kier alpha value is -2.16. The van der Waals surface area contributed by atoms with E-state index in [0.717, 1.165) is 12.8 Å². The first kappa shape index (κ1) is 21.4. The van der Waals surface area contributed by atoms with E-state index >= 15 is 0 Å². The van der Waals surface area contributed by atoms with E-state index in [9.17, 15) is 0 Å². The number of benzene rings is 2. The fourth-order valence-corrected chi connectivity index (χ4v) is 6.44. The Morgan fingerprint density at radius 2 is 1.45 bits per heavy atom.